The zero-order valence-electron chi connectivity index (χ0n) is 18.4. The van der Waals surface area contributed by atoms with E-state index in [9.17, 15) is 9.59 Å². The molecule has 0 radical (unpaired) electrons. The molecule has 1 aromatic carbocycles. The number of ether oxygens (including phenoxy) is 1. The van der Waals surface area contributed by atoms with Gasteiger partial charge in [0.2, 0.25) is 0 Å². The highest BCUT2D eigenvalue weighted by atomic mass is 16.5. The third-order valence-electron chi connectivity index (χ3n) is 6.00. The summed E-state index contributed by atoms with van der Waals surface area (Å²) >= 11 is 0. The number of aldehydes is 1. The van der Waals surface area contributed by atoms with Gasteiger partial charge >= 0.3 is 5.97 Å². The van der Waals surface area contributed by atoms with Crippen LogP contribution < -0.4 is 0 Å². The van der Waals surface area contributed by atoms with Crippen molar-refractivity contribution in [1.29, 1.82) is 0 Å². The molecule has 1 saturated heterocycles. The predicted octanol–water partition coefficient (Wildman–Crippen LogP) is 3.63. The van der Waals surface area contributed by atoms with Crippen molar-refractivity contribution in [2.24, 2.45) is 5.41 Å². The molecular weight excluding hydrogens is 376 g/mol. The SMILES string of the molecule is COC(=O)c1ccc(CN2C[C@@H](C)N(CC3=CC=CC(C)(C=O)C=C3)[C@@H](C)C2)cc1. The maximum atomic E-state index is 11.6. The van der Waals surface area contributed by atoms with Gasteiger partial charge in [-0.05, 0) is 44.0 Å². The van der Waals surface area contributed by atoms with E-state index < -0.39 is 5.41 Å². The van der Waals surface area contributed by atoms with E-state index in [4.69, 9.17) is 4.74 Å². The Bertz CT molecular complexity index is 844. The van der Waals surface area contributed by atoms with Crippen LogP contribution in [0.25, 0.3) is 0 Å². The van der Waals surface area contributed by atoms with Crippen LogP contribution >= 0.6 is 0 Å². The summed E-state index contributed by atoms with van der Waals surface area (Å²) in [6.07, 6.45) is 11.1. The minimum absolute atomic E-state index is 0.303. The van der Waals surface area contributed by atoms with Crippen molar-refractivity contribution in [3.63, 3.8) is 0 Å². The number of nitrogens with zero attached hydrogens (tertiary/aromatic N) is 2. The molecule has 1 fully saturated rings. The van der Waals surface area contributed by atoms with Gasteiger partial charge in [-0.1, -0.05) is 42.5 Å². The maximum Gasteiger partial charge on any atom is 0.337 e. The fraction of sp³-hybridized carbons (Fsp3) is 0.440. The maximum absolute atomic E-state index is 11.6. The summed E-state index contributed by atoms with van der Waals surface area (Å²) in [4.78, 5) is 27.9. The van der Waals surface area contributed by atoms with Crippen molar-refractivity contribution in [1.82, 2.24) is 9.80 Å². The molecule has 1 heterocycles. The van der Waals surface area contributed by atoms with E-state index in [2.05, 4.69) is 35.8 Å². The van der Waals surface area contributed by atoms with Crippen molar-refractivity contribution in [2.75, 3.05) is 26.7 Å². The summed E-state index contributed by atoms with van der Waals surface area (Å²) in [6.45, 7) is 10.2. The zero-order chi connectivity index (χ0) is 21.7. The first kappa shape index (κ1) is 22.2. The first-order chi connectivity index (χ1) is 14.3. The first-order valence-corrected chi connectivity index (χ1v) is 10.5. The van der Waals surface area contributed by atoms with Gasteiger partial charge in [0.1, 0.15) is 6.29 Å². The molecular formula is C25H32N2O3. The Balaban J connectivity index is 1.60. The monoisotopic (exact) mass is 408 g/mol. The number of hydrogen-bond donors (Lipinski definition) is 0. The predicted molar refractivity (Wildman–Crippen MR) is 119 cm³/mol. The second-order valence-electron chi connectivity index (χ2n) is 8.67. The van der Waals surface area contributed by atoms with Crippen LogP contribution in [-0.4, -0.2) is 60.9 Å². The van der Waals surface area contributed by atoms with Gasteiger partial charge in [-0.3, -0.25) is 9.80 Å². The Morgan fingerprint density at radius 2 is 1.80 bits per heavy atom. The molecule has 160 valence electrons. The van der Waals surface area contributed by atoms with E-state index in [1.807, 2.05) is 49.4 Å². The number of hydrogen-bond acceptors (Lipinski definition) is 5. The van der Waals surface area contributed by atoms with E-state index in [-0.39, 0.29) is 5.97 Å². The highest BCUT2D eigenvalue weighted by molar-refractivity contribution is 5.89. The Morgan fingerprint density at radius 3 is 2.40 bits per heavy atom. The standard InChI is InChI=1S/C25H32N2O3/c1-19-14-26(16-22-7-9-23(10-8-22)24(29)30-4)15-20(2)27(19)17-21-6-5-12-25(3,18-28)13-11-21/h5-13,18-20H,14-17H2,1-4H3/t19-,20+,25?. The minimum Gasteiger partial charge on any atom is -0.465 e. The molecule has 5 nitrogen and oxygen atoms in total. The molecule has 0 spiro atoms. The number of methoxy groups -OCH3 is 1. The molecule has 0 amide bonds. The number of benzene rings is 1. The lowest BCUT2D eigenvalue weighted by Gasteiger charge is -2.44. The van der Waals surface area contributed by atoms with E-state index in [0.717, 1.165) is 32.5 Å². The molecule has 5 heteroatoms. The number of carbonyl (C=O) groups is 2. The van der Waals surface area contributed by atoms with Gasteiger partial charge in [-0.15, -0.1) is 0 Å². The van der Waals surface area contributed by atoms with Crippen LogP contribution in [0.15, 0.2) is 60.2 Å². The quantitative estimate of drug-likeness (QED) is 0.531. The van der Waals surface area contributed by atoms with Crippen LogP contribution in [-0.2, 0) is 16.1 Å². The largest absolute Gasteiger partial charge is 0.465 e. The van der Waals surface area contributed by atoms with Gasteiger partial charge in [-0.25, -0.2) is 4.79 Å². The number of allylic oxidation sites excluding steroid dienone is 4. The van der Waals surface area contributed by atoms with Crippen molar-refractivity contribution in [2.45, 2.75) is 39.4 Å². The van der Waals surface area contributed by atoms with E-state index in [1.165, 1.54) is 18.2 Å². The van der Waals surface area contributed by atoms with Crippen LogP contribution in [0.5, 0.6) is 0 Å². The third-order valence-corrected chi connectivity index (χ3v) is 6.00. The number of piperazine rings is 1. The van der Waals surface area contributed by atoms with Gasteiger partial charge in [0, 0.05) is 38.3 Å². The van der Waals surface area contributed by atoms with Crippen molar-refractivity contribution in [3.05, 3.63) is 71.3 Å². The summed E-state index contributed by atoms with van der Waals surface area (Å²) in [5.74, 6) is -0.303. The second kappa shape index (κ2) is 9.54. The minimum atomic E-state index is -0.516. The smallest absolute Gasteiger partial charge is 0.337 e. The topological polar surface area (TPSA) is 49.9 Å². The average Bonchev–Trinajstić information content (AvgIpc) is 2.92. The zero-order valence-corrected chi connectivity index (χ0v) is 18.4. The number of rotatable bonds is 6. The first-order valence-electron chi connectivity index (χ1n) is 10.5. The molecule has 0 bridgehead atoms. The van der Waals surface area contributed by atoms with Gasteiger partial charge in [0.15, 0.2) is 0 Å². The third kappa shape index (κ3) is 5.35. The molecule has 3 rings (SSSR count). The molecule has 0 saturated carbocycles. The van der Waals surface area contributed by atoms with Gasteiger partial charge < -0.3 is 9.53 Å². The molecule has 0 N–H and O–H groups in total. The van der Waals surface area contributed by atoms with Gasteiger partial charge in [0.25, 0.3) is 0 Å². The molecule has 1 aliphatic heterocycles. The fourth-order valence-corrected chi connectivity index (χ4v) is 4.20. The Morgan fingerprint density at radius 1 is 1.13 bits per heavy atom. The fourth-order valence-electron chi connectivity index (χ4n) is 4.20. The van der Waals surface area contributed by atoms with Crippen LogP contribution in [0.4, 0.5) is 0 Å². The van der Waals surface area contributed by atoms with Crippen molar-refractivity contribution in [3.8, 4) is 0 Å². The van der Waals surface area contributed by atoms with E-state index in [0.29, 0.717) is 17.6 Å². The van der Waals surface area contributed by atoms with Crippen LogP contribution in [0.2, 0.25) is 0 Å². The molecule has 1 aromatic rings. The van der Waals surface area contributed by atoms with Crippen molar-refractivity contribution < 1.29 is 14.3 Å². The highest BCUT2D eigenvalue weighted by Gasteiger charge is 2.29. The summed E-state index contributed by atoms with van der Waals surface area (Å²) in [6, 6.07) is 8.51. The molecule has 1 aliphatic carbocycles. The number of carbonyl (C=O) groups excluding carboxylic acids is 2. The molecule has 1 unspecified atom stereocenters. The molecule has 3 atom stereocenters. The average molecular weight is 409 g/mol. The van der Waals surface area contributed by atoms with E-state index >= 15 is 0 Å². The highest BCUT2D eigenvalue weighted by Crippen LogP contribution is 2.24. The Hall–Kier alpha value is -2.50. The number of esters is 1. The van der Waals surface area contributed by atoms with Crippen LogP contribution in [0.3, 0.4) is 0 Å². The van der Waals surface area contributed by atoms with Crippen molar-refractivity contribution >= 4 is 12.3 Å². The lowest BCUT2D eigenvalue weighted by atomic mass is 9.92. The normalized spacial score (nSPS) is 27.4. The van der Waals surface area contributed by atoms with Gasteiger partial charge in [-0.2, -0.15) is 0 Å². The van der Waals surface area contributed by atoms with Crippen LogP contribution in [0, 0.1) is 5.41 Å². The lowest BCUT2D eigenvalue weighted by molar-refractivity contribution is -0.111. The Kier molecular flexibility index (Phi) is 7.06. The second-order valence-corrected chi connectivity index (χ2v) is 8.67. The van der Waals surface area contributed by atoms with E-state index in [1.54, 1.807) is 0 Å². The summed E-state index contributed by atoms with van der Waals surface area (Å²) in [7, 11) is 1.40. The van der Waals surface area contributed by atoms with Crippen LogP contribution in [0.1, 0.15) is 36.7 Å². The summed E-state index contributed by atoms with van der Waals surface area (Å²) in [5, 5.41) is 0. The summed E-state index contributed by atoms with van der Waals surface area (Å²) < 4.78 is 4.77. The van der Waals surface area contributed by atoms with Gasteiger partial charge in [0.05, 0.1) is 18.1 Å². The molecule has 2 aliphatic rings. The lowest BCUT2D eigenvalue weighted by Crippen LogP contribution is -2.56. The molecule has 30 heavy (non-hydrogen) atoms. The summed E-state index contributed by atoms with van der Waals surface area (Å²) in [5.41, 5.74) is 2.49. The molecule has 0 aromatic heterocycles. The Labute approximate surface area is 179 Å².